The quantitative estimate of drug-likeness (QED) is 0.715. The number of carbonyl (C=O) groups excluding carboxylic acids is 1. The first-order chi connectivity index (χ1) is 8.81. The zero-order valence-corrected chi connectivity index (χ0v) is 11.1. The molecule has 2 fully saturated rings. The summed E-state index contributed by atoms with van der Waals surface area (Å²) in [6.45, 7) is 6.41. The molecule has 1 amide bonds. The summed E-state index contributed by atoms with van der Waals surface area (Å²) in [6.07, 6.45) is 3.16. The first-order valence-electron chi connectivity index (χ1n) is 7.14. The lowest BCUT2D eigenvalue weighted by Gasteiger charge is -2.29. The molecule has 0 aromatic heterocycles. The number of carbonyl (C=O) groups is 1. The summed E-state index contributed by atoms with van der Waals surface area (Å²) in [7, 11) is 0. The van der Waals surface area contributed by atoms with Crippen molar-refractivity contribution in [2.45, 2.75) is 19.3 Å². The van der Waals surface area contributed by atoms with Crippen LogP contribution in [0.3, 0.4) is 0 Å². The first-order valence-corrected chi connectivity index (χ1v) is 7.14. The normalized spacial score (nSPS) is 26.9. The molecule has 18 heavy (non-hydrogen) atoms. The fourth-order valence-corrected chi connectivity index (χ4v) is 2.88. The number of aliphatic hydroxyl groups excluding tert-OH is 1. The predicted octanol–water partition coefficient (Wildman–Crippen LogP) is -0.487. The Balaban J connectivity index is 1.82. The standard InChI is InChI=1S/C13H25N3O2/c17-10-9-15-5-2-6-16(8-7-15)13(18)12-3-1-4-14-11-12/h12,14,17H,1-11H2/t12-/m1/s1. The smallest absolute Gasteiger partial charge is 0.227 e. The van der Waals surface area contributed by atoms with Crippen molar-refractivity contribution in [2.75, 3.05) is 52.4 Å². The van der Waals surface area contributed by atoms with Gasteiger partial charge in [-0.3, -0.25) is 9.69 Å². The molecular weight excluding hydrogens is 230 g/mol. The van der Waals surface area contributed by atoms with E-state index in [1.54, 1.807) is 0 Å². The maximum absolute atomic E-state index is 12.4. The number of piperidine rings is 1. The summed E-state index contributed by atoms with van der Waals surface area (Å²) in [5.74, 6) is 0.510. The van der Waals surface area contributed by atoms with Crippen LogP contribution in [-0.4, -0.2) is 73.2 Å². The summed E-state index contributed by atoms with van der Waals surface area (Å²) in [6, 6.07) is 0. The van der Waals surface area contributed by atoms with E-state index in [4.69, 9.17) is 5.11 Å². The highest BCUT2D eigenvalue weighted by Gasteiger charge is 2.27. The summed E-state index contributed by atoms with van der Waals surface area (Å²) in [5, 5.41) is 12.3. The molecule has 0 aromatic rings. The van der Waals surface area contributed by atoms with Crippen LogP contribution in [0.5, 0.6) is 0 Å². The third kappa shape index (κ3) is 3.67. The van der Waals surface area contributed by atoms with Crippen LogP contribution in [0.1, 0.15) is 19.3 Å². The van der Waals surface area contributed by atoms with E-state index in [0.29, 0.717) is 5.91 Å². The van der Waals surface area contributed by atoms with Crippen LogP contribution in [0.15, 0.2) is 0 Å². The number of rotatable bonds is 3. The Kier molecular flexibility index (Phi) is 5.41. The van der Waals surface area contributed by atoms with E-state index in [2.05, 4.69) is 10.2 Å². The van der Waals surface area contributed by atoms with Crippen molar-refractivity contribution in [2.24, 2.45) is 5.92 Å². The summed E-state index contributed by atoms with van der Waals surface area (Å²) in [4.78, 5) is 16.7. The van der Waals surface area contributed by atoms with Crippen LogP contribution in [0.25, 0.3) is 0 Å². The zero-order chi connectivity index (χ0) is 12.8. The lowest BCUT2D eigenvalue weighted by molar-refractivity contribution is -0.135. The highest BCUT2D eigenvalue weighted by atomic mass is 16.3. The van der Waals surface area contributed by atoms with Gasteiger partial charge in [0.15, 0.2) is 0 Å². The largest absolute Gasteiger partial charge is 0.395 e. The third-order valence-electron chi connectivity index (χ3n) is 3.96. The molecule has 0 radical (unpaired) electrons. The fraction of sp³-hybridized carbons (Fsp3) is 0.923. The molecule has 2 aliphatic rings. The van der Waals surface area contributed by atoms with Gasteiger partial charge in [0.2, 0.25) is 5.91 Å². The molecule has 5 nitrogen and oxygen atoms in total. The second-order valence-electron chi connectivity index (χ2n) is 5.29. The van der Waals surface area contributed by atoms with Crippen LogP contribution in [0.4, 0.5) is 0 Å². The van der Waals surface area contributed by atoms with Crippen molar-refractivity contribution in [3.8, 4) is 0 Å². The molecule has 0 bridgehead atoms. The van der Waals surface area contributed by atoms with E-state index in [9.17, 15) is 4.79 Å². The molecule has 5 heteroatoms. The van der Waals surface area contributed by atoms with Crippen LogP contribution in [0.2, 0.25) is 0 Å². The van der Waals surface area contributed by atoms with Crippen molar-refractivity contribution in [3.05, 3.63) is 0 Å². The van der Waals surface area contributed by atoms with Crippen molar-refractivity contribution < 1.29 is 9.90 Å². The van der Waals surface area contributed by atoms with Gasteiger partial charge in [0.25, 0.3) is 0 Å². The summed E-state index contributed by atoms with van der Waals surface area (Å²) in [5.41, 5.74) is 0. The first kappa shape index (κ1) is 13.8. The molecule has 104 valence electrons. The van der Waals surface area contributed by atoms with E-state index < -0.39 is 0 Å². The van der Waals surface area contributed by atoms with E-state index in [1.807, 2.05) is 4.90 Å². The molecule has 2 N–H and O–H groups in total. The maximum Gasteiger partial charge on any atom is 0.227 e. The molecule has 0 unspecified atom stereocenters. The Morgan fingerprint density at radius 2 is 2.11 bits per heavy atom. The van der Waals surface area contributed by atoms with Crippen LogP contribution < -0.4 is 5.32 Å². The monoisotopic (exact) mass is 255 g/mol. The number of β-amino-alcohol motifs (C(OH)–C–C–N with tert-alkyl or cyclic N) is 1. The minimum atomic E-state index is 0.183. The molecule has 2 rings (SSSR count). The highest BCUT2D eigenvalue weighted by molar-refractivity contribution is 5.79. The number of aliphatic hydroxyl groups is 1. The third-order valence-corrected chi connectivity index (χ3v) is 3.96. The van der Waals surface area contributed by atoms with Crippen LogP contribution in [-0.2, 0) is 4.79 Å². The predicted molar refractivity (Wildman–Crippen MR) is 70.3 cm³/mol. The lowest BCUT2D eigenvalue weighted by atomic mass is 9.98. The molecular formula is C13H25N3O2. The number of nitrogens with zero attached hydrogens (tertiary/aromatic N) is 2. The van der Waals surface area contributed by atoms with Gasteiger partial charge in [-0.2, -0.15) is 0 Å². The van der Waals surface area contributed by atoms with Crippen LogP contribution >= 0.6 is 0 Å². The van der Waals surface area contributed by atoms with Gasteiger partial charge in [-0.15, -0.1) is 0 Å². The van der Waals surface area contributed by atoms with Crippen molar-refractivity contribution in [1.29, 1.82) is 0 Å². The fourth-order valence-electron chi connectivity index (χ4n) is 2.88. The topological polar surface area (TPSA) is 55.8 Å². The van der Waals surface area contributed by atoms with Gasteiger partial charge in [-0.05, 0) is 32.4 Å². The Bertz CT molecular complexity index is 267. The molecule has 0 aliphatic carbocycles. The SMILES string of the molecule is O=C([C@@H]1CCCNC1)N1CCCN(CCO)CC1. The number of nitrogens with one attached hydrogen (secondary N) is 1. The molecule has 1 atom stereocenters. The van der Waals surface area contributed by atoms with Crippen molar-refractivity contribution in [1.82, 2.24) is 15.1 Å². The summed E-state index contributed by atoms with van der Waals surface area (Å²) < 4.78 is 0. The lowest BCUT2D eigenvalue weighted by Crippen LogP contribution is -2.44. The molecule has 0 saturated carbocycles. The minimum Gasteiger partial charge on any atom is -0.395 e. The van der Waals surface area contributed by atoms with E-state index in [0.717, 1.165) is 65.1 Å². The second kappa shape index (κ2) is 7.07. The van der Waals surface area contributed by atoms with Gasteiger partial charge in [0.05, 0.1) is 12.5 Å². The van der Waals surface area contributed by atoms with E-state index >= 15 is 0 Å². The Labute approximate surface area is 109 Å². The number of hydrogen-bond donors (Lipinski definition) is 2. The van der Waals surface area contributed by atoms with Crippen LogP contribution in [0, 0.1) is 5.92 Å². The molecule has 2 heterocycles. The van der Waals surface area contributed by atoms with E-state index in [-0.39, 0.29) is 12.5 Å². The average Bonchev–Trinajstić information content (AvgIpc) is 2.65. The zero-order valence-electron chi connectivity index (χ0n) is 11.1. The van der Waals surface area contributed by atoms with Crippen molar-refractivity contribution in [3.63, 3.8) is 0 Å². The average molecular weight is 255 g/mol. The Hall–Kier alpha value is -0.650. The van der Waals surface area contributed by atoms with Gasteiger partial charge in [-0.1, -0.05) is 0 Å². The number of amides is 1. The molecule has 2 saturated heterocycles. The van der Waals surface area contributed by atoms with Gasteiger partial charge in [-0.25, -0.2) is 0 Å². The number of hydrogen-bond acceptors (Lipinski definition) is 4. The Morgan fingerprint density at radius 3 is 2.83 bits per heavy atom. The second-order valence-corrected chi connectivity index (χ2v) is 5.29. The van der Waals surface area contributed by atoms with Crippen molar-refractivity contribution >= 4 is 5.91 Å². The van der Waals surface area contributed by atoms with E-state index in [1.165, 1.54) is 0 Å². The molecule has 0 aromatic carbocycles. The molecule has 2 aliphatic heterocycles. The Morgan fingerprint density at radius 1 is 1.22 bits per heavy atom. The van der Waals surface area contributed by atoms with Gasteiger partial charge in [0, 0.05) is 32.7 Å². The van der Waals surface area contributed by atoms with Gasteiger partial charge >= 0.3 is 0 Å². The highest BCUT2D eigenvalue weighted by Crippen LogP contribution is 2.15. The minimum absolute atomic E-state index is 0.183. The van der Waals surface area contributed by atoms with Gasteiger partial charge in [0.1, 0.15) is 0 Å². The summed E-state index contributed by atoms with van der Waals surface area (Å²) >= 11 is 0. The molecule has 0 spiro atoms. The maximum atomic E-state index is 12.4. The van der Waals surface area contributed by atoms with Gasteiger partial charge < -0.3 is 15.3 Å².